The number of aromatic nitrogens is 1. The zero-order valence-electron chi connectivity index (χ0n) is 16.8. The van der Waals surface area contributed by atoms with Gasteiger partial charge in [-0.3, -0.25) is 9.78 Å². The van der Waals surface area contributed by atoms with Crippen LogP contribution >= 0.6 is 0 Å². The smallest absolute Gasteiger partial charge is 0.364 e. The number of likely N-dealkylation sites (tertiary alicyclic amines) is 1. The molecular weight excluding hydrogens is 398 g/mol. The third kappa shape index (κ3) is 3.42. The summed E-state index contributed by atoms with van der Waals surface area (Å²) in [6.45, 7) is 4.83. The highest BCUT2D eigenvalue weighted by Gasteiger charge is 2.55. The van der Waals surface area contributed by atoms with Crippen molar-refractivity contribution >= 4 is 11.6 Å². The number of nitrogens with zero attached hydrogens (tertiary/aromatic N) is 3. The molecule has 2 aliphatic heterocycles. The molecule has 2 saturated heterocycles. The van der Waals surface area contributed by atoms with Gasteiger partial charge in [-0.1, -0.05) is 6.07 Å². The van der Waals surface area contributed by atoms with E-state index in [1.54, 1.807) is 11.0 Å². The van der Waals surface area contributed by atoms with Gasteiger partial charge < -0.3 is 9.80 Å². The summed E-state index contributed by atoms with van der Waals surface area (Å²) in [7, 11) is 0. The van der Waals surface area contributed by atoms with Gasteiger partial charge in [0.05, 0.1) is 11.1 Å². The van der Waals surface area contributed by atoms with Crippen molar-refractivity contribution in [2.75, 3.05) is 18.0 Å². The van der Waals surface area contributed by atoms with Gasteiger partial charge in [-0.25, -0.2) is 4.39 Å². The van der Waals surface area contributed by atoms with Crippen molar-refractivity contribution in [1.29, 1.82) is 0 Å². The van der Waals surface area contributed by atoms with E-state index < -0.39 is 34.4 Å². The maximum Gasteiger partial charge on any atom is 0.418 e. The number of hydrogen-bond donors (Lipinski definition) is 0. The molecule has 1 unspecified atom stereocenters. The predicted octanol–water partition coefficient (Wildman–Crippen LogP) is 4.90. The summed E-state index contributed by atoms with van der Waals surface area (Å²) >= 11 is 0. The summed E-state index contributed by atoms with van der Waals surface area (Å²) in [5.74, 6) is -1.05. The minimum Gasteiger partial charge on any atom is -0.364 e. The fourth-order valence-corrected chi connectivity index (χ4v) is 5.09. The van der Waals surface area contributed by atoms with E-state index in [2.05, 4.69) is 4.98 Å². The third-order valence-corrected chi connectivity index (χ3v) is 6.22. The Balaban J connectivity index is 1.70. The summed E-state index contributed by atoms with van der Waals surface area (Å²) in [6.07, 6.45) is -1.48. The Labute approximate surface area is 172 Å². The van der Waals surface area contributed by atoms with Gasteiger partial charge in [0, 0.05) is 30.5 Å². The lowest BCUT2D eigenvalue weighted by molar-refractivity contribution is -0.138. The summed E-state index contributed by atoms with van der Waals surface area (Å²) in [5.41, 5.74) is -1.89. The Bertz CT molecular complexity index is 975. The number of hydrogen-bond acceptors (Lipinski definition) is 3. The first kappa shape index (κ1) is 20.6. The van der Waals surface area contributed by atoms with Crippen molar-refractivity contribution in [3.63, 3.8) is 0 Å². The summed E-state index contributed by atoms with van der Waals surface area (Å²) in [4.78, 5) is 20.7. The summed E-state index contributed by atoms with van der Waals surface area (Å²) in [5, 5.41) is 0. The van der Waals surface area contributed by atoms with Crippen LogP contribution in [-0.2, 0) is 6.18 Å². The standard InChI is InChI=1S/C22H23F4N3O/c1-20(2)13-21(14-29(20)16-7-3-6-15(23)12-16)9-5-11-28(21)19(30)18-17(22(24,25)26)8-4-10-27-18/h3-4,6-8,10,12H,5,9,11,13-14H2,1-2H3. The second-order valence-corrected chi connectivity index (χ2v) is 8.74. The quantitative estimate of drug-likeness (QED) is 0.647. The minimum atomic E-state index is -4.66. The highest BCUT2D eigenvalue weighted by atomic mass is 19.4. The molecular formula is C22H23F4N3O. The van der Waals surface area contributed by atoms with Crippen LogP contribution in [0.25, 0.3) is 0 Å². The van der Waals surface area contributed by atoms with Crippen LogP contribution in [-0.4, -0.2) is 40.0 Å². The zero-order valence-corrected chi connectivity index (χ0v) is 16.8. The van der Waals surface area contributed by atoms with Crippen LogP contribution < -0.4 is 4.90 Å². The lowest BCUT2D eigenvalue weighted by Gasteiger charge is -2.35. The first-order valence-electron chi connectivity index (χ1n) is 9.91. The van der Waals surface area contributed by atoms with E-state index in [1.807, 2.05) is 24.8 Å². The van der Waals surface area contributed by atoms with E-state index in [-0.39, 0.29) is 5.82 Å². The Kier molecular flexibility index (Phi) is 4.78. The number of anilines is 1. The number of rotatable bonds is 2. The first-order valence-corrected chi connectivity index (χ1v) is 9.91. The second kappa shape index (κ2) is 6.96. The molecule has 3 heterocycles. The zero-order chi connectivity index (χ0) is 21.7. The van der Waals surface area contributed by atoms with Crippen LogP contribution in [0.3, 0.4) is 0 Å². The van der Waals surface area contributed by atoms with Crippen molar-refractivity contribution in [1.82, 2.24) is 9.88 Å². The van der Waals surface area contributed by atoms with Crippen LogP contribution in [0.1, 0.15) is 49.2 Å². The van der Waals surface area contributed by atoms with Gasteiger partial charge in [0.1, 0.15) is 11.5 Å². The van der Waals surface area contributed by atoms with Crippen molar-refractivity contribution in [2.45, 2.75) is 50.4 Å². The van der Waals surface area contributed by atoms with Gasteiger partial charge in [-0.2, -0.15) is 13.2 Å². The maximum atomic E-state index is 13.8. The average molecular weight is 421 g/mol. The molecule has 30 heavy (non-hydrogen) atoms. The molecule has 0 N–H and O–H groups in total. The first-order chi connectivity index (χ1) is 14.0. The third-order valence-electron chi connectivity index (χ3n) is 6.22. The number of benzene rings is 1. The monoisotopic (exact) mass is 421 g/mol. The molecule has 0 saturated carbocycles. The Hall–Kier alpha value is -2.64. The molecule has 2 aromatic rings. The lowest BCUT2D eigenvalue weighted by Crippen LogP contribution is -2.49. The van der Waals surface area contributed by atoms with Crippen LogP contribution in [0.2, 0.25) is 0 Å². The van der Waals surface area contributed by atoms with E-state index >= 15 is 0 Å². The maximum absolute atomic E-state index is 13.8. The van der Waals surface area contributed by atoms with Gasteiger partial charge in [0.15, 0.2) is 0 Å². The largest absolute Gasteiger partial charge is 0.418 e. The normalized spacial score (nSPS) is 23.4. The van der Waals surface area contributed by atoms with E-state index in [0.717, 1.165) is 6.07 Å². The van der Waals surface area contributed by atoms with Crippen LogP contribution in [0.15, 0.2) is 42.6 Å². The van der Waals surface area contributed by atoms with Gasteiger partial charge in [-0.05, 0) is 63.4 Å². The molecule has 4 nitrogen and oxygen atoms in total. The van der Waals surface area contributed by atoms with Crippen molar-refractivity contribution in [2.24, 2.45) is 0 Å². The molecule has 2 aliphatic rings. The predicted molar refractivity (Wildman–Crippen MR) is 105 cm³/mol. The molecule has 0 radical (unpaired) electrons. The summed E-state index contributed by atoms with van der Waals surface area (Å²) in [6, 6.07) is 8.33. The van der Waals surface area contributed by atoms with Gasteiger partial charge >= 0.3 is 6.18 Å². The highest BCUT2D eigenvalue weighted by molar-refractivity contribution is 5.95. The molecule has 2 fully saturated rings. The van der Waals surface area contributed by atoms with Gasteiger partial charge in [0.25, 0.3) is 5.91 Å². The Morgan fingerprint density at radius 3 is 2.63 bits per heavy atom. The second-order valence-electron chi connectivity index (χ2n) is 8.74. The fraction of sp³-hybridized carbons (Fsp3) is 0.455. The molecule has 8 heteroatoms. The molecule has 4 rings (SSSR count). The molecule has 1 aromatic heterocycles. The Morgan fingerprint density at radius 2 is 1.93 bits per heavy atom. The number of alkyl halides is 3. The van der Waals surface area contributed by atoms with E-state index in [1.165, 1.54) is 24.4 Å². The topological polar surface area (TPSA) is 36.4 Å². The number of carbonyl (C=O) groups excluding carboxylic acids is 1. The van der Waals surface area contributed by atoms with Crippen molar-refractivity contribution in [3.05, 3.63) is 59.7 Å². The number of halogens is 4. The fourth-order valence-electron chi connectivity index (χ4n) is 5.09. The van der Waals surface area contributed by atoms with E-state index in [0.29, 0.717) is 38.0 Å². The van der Waals surface area contributed by atoms with E-state index in [4.69, 9.17) is 0 Å². The molecule has 1 atom stereocenters. The number of pyridine rings is 1. The summed E-state index contributed by atoms with van der Waals surface area (Å²) < 4.78 is 54.2. The van der Waals surface area contributed by atoms with Gasteiger partial charge in [0.2, 0.25) is 0 Å². The average Bonchev–Trinajstić information content (AvgIpc) is 3.19. The molecule has 1 aromatic carbocycles. The van der Waals surface area contributed by atoms with Crippen LogP contribution in [0, 0.1) is 5.82 Å². The lowest BCUT2D eigenvalue weighted by atomic mass is 9.87. The highest BCUT2D eigenvalue weighted by Crippen LogP contribution is 2.47. The number of amides is 1. The van der Waals surface area contributed by atoms with Crippen molar-refractivity contribution < 1.29 is 22.4 Å². The Morgan fingerprint density at radius 1 is 1.17 bits per heavy atom. The molecule has 0 bridgehead atoms. The molecule has 0 aliphatic carbocycles. The SMILES string of the molecule is CC1(C)CC2(CCCN2C(=O)c2ncccc2C(F)(F)F)CN1c1cccc(F)c1. The van der Waals surface area contributed by atoms with Gasteiger partial charge in [-0.15, -0.1) is 0 Å². The molecule has 1 spiro atoms. The number of carbonyl (C=O) groups is 1. The van der Waals surface area contributed by atoms with Crippen molar-refractivity contribution in [3.8, 4) is 0 Å². The van der Waals surface area contributed by atoms with E-state index in [9.17, 15) is 22.4 Å². The molecule has 160 valence electrons. The van der Waals surface area contributed by atoms with Crippen LogP contribution in [0.5, 0.6) is 0 Å². The minimum absolute atomic E-state index is 0.355. The molecule has 1 amide bonds. The van der Waals surface area contributed by atoms with Crippen LogP contribution in [0.4, 0.5) is 23.2 Å².